The number of rotatable bonds is 4. The van der Waals surface area contributed by atoms with Crippen molar-refractivity contribution in [1.82, 2.24) is 15.2 Å². The van der Waals surface area contributed by atoms with E-state index in [0.29, 0.717) is 18.7 Å². The fourth-order valence-electron chi connectivity index (χ4n) is 2.55. The van der Waals surface area contributed by atoms with Crippen LogP contribution in [-0.2, 0) is 6.54 Å². The first-order chi connectivity index (χ1) is 10.2. The lowest BCUT2D eigenvalue weighted by molar-refractivity contribution is 0.0957. The summed E-state index contributed by atoms with van der Waals surface area (Å²) >= 11 is 3.50. The van der Waals surface area contributed by atoms with Gasteiger partial charge >= 0.3 is 0 Å². The van der Waals surface area contributed by atoms with Gasteiger partial charge in [-0.25, -0.2) is 0 Å². The van der Waals surface area contributed by atoms with Gasteiger partial charge in [0.1, 0.15) is 5.84 Å². The van der Waals surface area contributed by atoms with Gasteiger partial charge < -0.3 is 15.2 Å². The summed E-state index contributed by atoms with van der Waals surface area (Å²) in [4.78, 5) is 16.6. The molecule has 1 aliphatic heterocycles. The number of fused-ring (bicyclic) bond motifs is 1. The second-order valence-corrected chi connectivity index (χ2v) is 5.86. The van der Waals surface area contributed by atoms with Gasteiger partial charge in [0.05, 0.1) is 24.2 Å². The van der Waals surface area contributed by atoms with E-state index in [1.807, 2.05) is 31.3 Å². The Bertz CT molecular complexity index is 720. The lowest BCUT2D eigenvalue weighted by Gasteiger charge is -2.06. The number of nitrogens with one attached hydrogen (secondary N) is 2. The van der Waals surface area contributed by atoms with Crippen molar-refractivity contribution in [2.75, 3.05) is 19.6 Å². The maximum atomic E-state index is 12.2. The zero-order valence-electron chi connectivity index (χ0n) is 11.8. The van der Waals surface area contributed by atoms with Crippen LogP contribution in [0.1, 0.15) is 17.3 Å². The third-order valence-electron chi connectivity index (χ3n) is 3.49. The van der Waals surface area contributed by atoms with Crippen molar-refractivity contribution in [1.29, 1.82) is 0 Å². The summed E-state index contributed by atoms with van der Waals surface area (Å²) in [5.74, 6) is 0.930. The van der Waals surface area contributed by atoms with Gasteiger partial charge in [-0.2, -0.15) is 0 Å². The molecule has 0 aliphatic carbocycles. The summed E-state index contributed by atoms with van der Waals surface area (Å²) in [5, 5.41) is 7.09. The number of amides is 1. The van der Waals surface area contributed by atoms with Gasteiger partial charge in [-0.05, 0) is 19.1 Å². The Balaban J connectivity index is 2.05. The Labute approximate surface area is 131 Å². The molecule has 21 heavy (non-hydrogen) atoms. The highest BCUT2D eigenvalue weighted by Gasteiger charge is 2.16. The van der Waals surface area contributed by atoms with Gasteiger partial charge in [-0.3, -0.25) is 9.79 Å². The van der Waals surface area contributed by atoms with Crippen molar-refractivity contribution in [3.8, 4) is 0 Å². The number of aliphatic imine (C=N–C) groups is 1. The number of carbonyl (C=O) groups excluding carboxylic acids is 1. The molecule has 0 saturated carbocycles. The molecule has 1 aromatic carbocycles. The van der Waals surface area contributed by atoms with Crippen LogP contribution in [0.2, 0.25) is 0 Å². The van der Waals surface area contributed by atoms with Crippen molar-refractivity contribution in [2.45, 2.75) is 13.5 Å². The first kappa shape index (κ1) is 14.1. The van der Waals surface area contributed by atoms with E-state index in [1.165, 1.54) is 0 Å². The van der Waals surface area contributed by atoms with E-state index in [0.717, 1.165) is 34.3 Å². The van der Waals surface area contributed by atoms with Crippen LogP contribution in [0.4, 0.5) is 0 Å². The molecule has 1 amide bonds. The summed E-state index contributed by atoms with van der Waals surface area (Å²) in [6.07, 6.45) is 1.91. The van der Waals surface area contributed by atoms with Crippen LogP contribution < -0.4 is 10.6 Å². The zero-order valence-corrected chi connectivity index (χ0v) is 13.4. The minimum Gasteiger partial charge on any atom is -0.370 e. The Hall–Kier alpha value is -1.82. The van der Waals surface area contributed by atoms with Gasteiger partial charge in [0.25, 0.3) is 5.91 Å². The maximum Gasteiger partial charge on any atom is 0.253 e. The molecule has 1 aliphatic rings. The molecule has 0 radical (unpaired) electrons. The number of nitrogens with zero attached hydrogens (tertiary/aromatic N) is 2. The second-order valence-electron chi connectivity index (χ2n) is 4.95. The predicted octanol–water partition coefficient (Wildman–Crippen LogP) is 2.16. The van der Waals surface area contributed by atoms with Crippen molar-refractivity contribution >= 4 is 38.6 Å². The standard InChI is InChI=1S/C15H17BrN4O/c1-2-17-15(21)12-8-20(9-14-18-5-6-19-14)13-7-10(16)3-4-11(12)13/h3-4,7-8H,2,5-6,9H2,1H3,(H,17,21)(H,18,19). The monoisotopic (exact) mass is 348 g/mol. The van der Waals surface area contributed by atoms with Crippen molar-refractivity contribution < 1.29 is 4.79 Å². The van der Waals surface area contributed by atoms with Gasteiger partial charge in [0.2, 0.25) is 0 Å². The molecule has 6 heteroatoms. The van der Waals surface area contributed by atoms with E-state index >= 15 is 0 Å². The summed E-state index contributed by atoms with van der Waals surface area (Å²) in [7, 11) is 0. The average molecular weight is 349 g/mol. The zero-order chi connectivity index (χ0) is 14.8. The van der Waals surface area contributed by atoms with Gasteiger partial charge in [0.15, 0.2) is 0 Å². The SMILES string of the molecule is CCNC(=O)c1cn(CC2=NCCN2)c2cc(Br)ccc12. The first-order valence-corrected chi connectivity index (χ1v) is 7.82. The molecule has 0 atom stereocenters. The molecule has 110 valence electrons. The largest absolute Gasteiger partial charge is 0.370 e. The average Bonchev–Trinajstić information content (AvgIpc) is 3.08. The summed E-state index contributed by atoms with van der Waals surface area (Å²) in [5.41, 5.74) is 1.74. The van der Waals surface area contributed by atoms with E-state index in [9.17, 15) is 4.79 Å². The highest BCUT2D eigenvalue weighted by molar-refractivity contribution is 9.10. The number of hydrogen-bond donors (Lipinski definition) is 2. The second kappa shape index (κ2) is 5.89. The molecule has 5 nitrogen and oxygen atoms in total. The van der Waals surface area contributed by atoms with E-state index in [-0.39, 0.29) is 5.91 Å². The molecular formula is C15H17BrN4O. The van der Waals surface area contributed by atoms with E-state index < -0.39 is 0 Å². The molecule has 0 bridgehead atoms. The number of amidine groups is 1. The third kappa shape index (κ3) is 2.81. The minimum atomic E-state index is -0.0371. The summed E-state index contributed by atoms with van der Waals surface area (Å²) < 4.78 is 3.07. The van der Waals surface area contributed by atoms with Gasteiger partial charge in [-0.15, -0.1) is 0 Å². The maximum absolute atomic E-state index is 12.2. The van der Waals surface area contributed by atoms with Crippen molar-refractivity contribution in [3.63, 3.8) is 0 Å². The summed E-state index contributed by atoms with van der Waals surface area (Å²) in [6.45, 7) is 4.91. The van der Waals surface area contributed by atoms with Crippen LogP contribution in [0, 0.1) is 0 Å². The van der Waals surface area contributed by atoms with Crippen LogP contribution >= 0.6 is 15.9 Å². The van der Waals surface area contributed by atoms with Crippen molar-refractivity contribution in [3.05, 3.63) is 34.4 Å². The van der Waals surface area contributed by atoms with Crippen LogP contribution in [0.5, 0.6) is 0 Å². The Morgan fingerprint density at radius 1 is 1.52 bits per heavy atom. The lowest BCUT2D eigenvalue weighted by atomic mass is 10.1. The number of aromatic nitrogens is 1. The smallest absolute Gasteiger partial charge is 0.253 e. The number of carbonyl (C=O) groups is 1. The predicted molar refractivity (Wildman–Crippen MR) is 87.9 cm³/mol. The van der Waals surface area contributed by atoms with Crippen LogP contribution in [0.15, 0.2) is 33.9 Å². The van der Waals surface area contributed by atoms with Crippen LogP contribution in [0.25, 0.3) is 10.9 Å². The van der Waals surface area contributed by atoms with Gasteiger partial charge in [0, 0.05) is 29.1 Å². The third-order valence-corrected chi connectivity index (χ3v) is 3.98. The topological polar surface area (TPSA) is 58.4 Å². The molecule has 2 heterocycles. The fourth-order valence-corrected chi connectivity index (χ4v) is 2.90. The molecule has 2 N–H and O–H groups in total. The number of halogens is 1. The highest BCUT2D eigenvalue weighted by Crippen LogP contribution is 2.25. The highest BCUT2D eigenvalue weighted by atomic mass is 79.9. The molecule has 0 saturated heterocycles. The van der Waals surface area contributed by atoms with Crippen LogP contribution in [-0.4, -0.2) is 35.9 Å². The number of hydrogen-bond acceptors (Lipinski definition) is 3. The van der Waals surface area contributed by atoms with Crippen LogP contribution in [0.3, 0.4) is 0 Å². The molecule has 0 fully saturated rings. The molecule has 0 unspecified atom stereocenters. The molecule has 0 spiro atoms. The van der Waals surface area contributed by atoms with Crippen molar-refractivity contribution in [2.24, 2.45) is 4.99 Å². The number of benzene rings is 1. The molecular weight excluding hydrogens is 332 g/mol. The van der Waals surface area contributed by atoms with E-state index in [4.69, 9.17) is 0 Å². The molecule has 1 aromatic heterocycles. The minimum absolute atomic E-state index is 0.0371. The Kier molecular flexibility index (Phi) is 3.96. The fraction of sp³-hybridized carbons (Fsp3) is 0.333. The molecule has 3 rings (SSSR count). The Morgan fingerprint density at radius 2 is 2.38 bits per heavy atom. The van der Waals surface area contributed by atoms with E-state index in [1.54, 1.807) is 0 Å². The molecule has 2 aromatic rings. The first-order valence-electron chi connectivity index (χ1n) is 7.03. The van der Waals surface area contributed by atoms with E-state index in [2.05, 4.69) is 36.1 Å². The lowest BCUT2D eigenvalue weighted by Crippen LogP contribution is -2.24. The summed E-state index contributed by atoms with van der Waals surface area (Å²) in [6, 6.07) is 5.97. The normalized spacial score (nSPS) is 14.1. The Morgan fingerprint density at radius 3 is 3.10 bits per heavy atom. The van der Waals surface area contributed by atoms with Gasteiger partial charge in [-0.1, -0.05) is 22.0 Å². The quantitative estimate of drug-likeness (QED) is 0.889.